The van der Waals surface area contributed by atoms with E-state index in [2.05, 4.69) is 31.8 Å². The Morgan fingerprint density at radius 2 is 1.77 bits per heavy atom. The largest absolute Gasteiger partial charge is 0.507 e. The molecule has 0 heterocycles. The van der Waals surface area contributed by atoms with Crippen LogP contribution in [-0.4, -0.2) is 29.7 Å². The fraction of sp³-hybridized carbons (Fsp3) is 0.0455. The summed E-state index contributed by atoms with van der Waals surface area (Å²) >= 11 is 3.30. The molecule has 30 heavy (non-hydrogen) atoms. The van der Waals surface area contributed by atoms with E-state index in [1.165, 1.54) is 12.3 Å². The van der Waals surface area contributed by atoms with E-state index < -0.39 is 5.91 Å². The first-order valence-corrected chi connectivity index (χ1v) is 9.70. The first-order chi connectivity index (χ1) is 14.5. The molecule has 0 aliphatic rings. The summed E-state index contributed by atoms with van der Waals surface area (Å²) in [5.74, 6) is -0.200. The van der Waals surface area contributed by atoms with Gasteiger partial charge in [-0.1, -0.05) is 34.1 Å². The van der Waals surface area contributed by atoms with Crippen molar-refractivity contribution in [2.24, 2.45) is 5.10 Å². The summed E-state index contributed by atoms with van der Waals surface area (Å²) in [5.41, 5.74) is 3.91. The van der Waals surface area contributed by atoms with Gasteiger partial charge in [0.15, 0.2) is 6.61 Å². The third-order valence-electron chi connectivity index (χ3n) is 3.90. The van der Waals surface area contributed by atoms with E-state index in [0.29, 0.717) is 22.6 Å². The van der Waals surface area contributed by atoms with Crippen LogP contribution in [0.5, 0.6) is 11.5 Å². The van der Waals surface area contributed by atoms with E-state index in [9.17, 15) is 14.7 Å². The minimum absolute atomic E-state index is 0.0500. The van der Waals surface area contributed by atoms with Crippen molar-refractivity contribution in [1.29, 1.82) is 0 Å². The van der Waals surface area contributed by atoms with Crippen molar-refractivity contribution >= 4 is 39.6 Å². The number of hydrogen-bond acceptors (Lipinski definition) is 5. The van der Waals surface area contributed by atoms with Crippen LogP contribution >= 0.6 is 15.9 Å². The molecule has 0 saturated carbocycles. The Balaban J connectivity index is 1.49. The third-order valence-corrected chi connectivity index (χ3v) is 4.40. The molecule has 0 unspecified atom stereocenters. The second-order valence-corrected chi connectivity index (χ2v) is 7.05. The van der Waals surface area contributed by atoms with Crippen molar-refractivity contribution < 1.29 is 19.4 Å². The van der Waals surface area contributed by atoms with Crippen LogP contribution in [0.3, 0.4) is 0 Å². The van der Waals surface area contributed by atoms with Crippen LogP contribution < -0.4 is 15.5 Å². The number of phenolic OH excluding ortho intramolecular Hbond substituents is 1. The minimum atomic E-state index is -0.422. The topological polar surface area (TPSA) is 100 Å². The van der Waals surface area contributed by atoms with Gasteiger partial charge in [0.25, 0.3) is 11.8 Å². The number of ether oxygens (including phenoxy) is 1. The number of amides is 2. The molecule has 3 N–H and O–H groups in total. The normalized spacial score (nSPS) is 10.6. The fourth-order valence-electron chi connectivity index (χ4n) is 2.42. The standard InChI is InChI=1S/C22H18BrN3O4/c23-17-8-11-20(27)16(12-17)13-24-26-22(29)15-6-9-19(10-7-15)30-14-21(28)25-18-4-2-1-3-5-18/h1-13,27H,14H2,(H,25,28)(H,26,29)/b24-13+. The number of halogens is 1. The number of benzene rings is 3. The Morgan fingerprint density at radius 1 is 1.03 bits per heavy atom. The molecule has 3 aromatic carbocycles. The average molecular weight is 468 g/mol. The zero-order chi connectivity index (χ0) is 21.3. The van der Waals surface area contributed by atoms with Gasteiger partial charge in [0.05, 0.1) is 6.21 Å². The molecule has 7 nitrogen and oxygen atoms in total. The van der Waals surface area contributed by atoms with Crippen LogP contribution in [0, 0.1) is 0 Å². The van der Waals surface area contributed by atoms with Gasteiger partial charge in [-0.05, 0) is 54.6 Å². The van der Waals surface area contributed by atoms with E-state index in [-0.39, 0.29) is 18.3 Å². The highest BCUT2D eigenvalue weighted by Gasteiger charge is 2.07. The molecule has 3 rings (SSSR count). The lowest BCUT2D eigenvalue weighted by atomic mass is 10.2. The van der Waals surface area contributed by atoms with Crippen molar-refractivity contribution in [3.8, 4) is 11.5 Å². The fourth-order valence-corrected chi connectivity index (χ4v) is 2.80. The maximum absolute atomic E-state index is 12.2. The number of para-hydroxylation sites is 1. The second kappa shape index (κ2) is 10.2. The highest BCUT2D eigenvalue weighted by atomic mass is 79.9. The van der Waals surface area contributed by atoms with Gasteiger partial charge >= 0.3 is 0 Å². The SMILES string of the molecule is O=C(COc1ccc(C(=O)N/N=C/c2cc(Br)ccc2O)cc1)Nc1ccccc1. The Morgan fingerprint density at radius 3 is 2.50 bits per heavy atom. The van der Waals surface area contributed by atoms with Crippen molar-refractivity contribution in [2.45, 2.75) is 0 Å². The van der Waals surface area contributed by atoms with Crippen molar-refractivity contribution in [3.05, 3.63) is 88.4 Å². The maximum Gasteiger partial charge on any atom is 0.271 e. The Bertz CT molecular complexity index is 1050. The number of nitrogens with one attached hydrogen (secondary N) is 2. The van der Waals surface area contributed by atoms with E-state index in [1.54, 1.807) is 48.5 Å². The maximum atomic E-state index is 12.2. The van der Waals surface area contributed by atoms with E-state index in [0.717, 1.165) is 4.47 Å². The first-order valence-electron chi connectivity index (χ1n) is 8.91. The lowest BCUT2D eigenvalue weighted by molar-refractivity contribution is -0.118. The molecular weight excluding hydrogens is 450 g/mol. The van der Waals surface area contributed by atoms with Gasteiger partial charge in [0.1, 0.15) is 11.5 Å². The van der Waals surface area contributed by atoms with Crippen LogP contribution in [0.1, 0.15) is 15.9 Å². The summed E-state index contributed by atoms with van der Waals surface area (Å²) in [6.07, 6.45) is 1.35. The van der Waals surface area contributed by atoms with Gasteiger partial charge in [-0.15, -0.1) is 0 Å². The predicted molar refractivity (Wildman–Crippen MR) is 118 cm³/mol. The number of aromatic hydroxyl groups is 1. The van der Waals surface area contributed by atoms with Gasteiger partial charge < -0.3 is 15.2 Å². The Hall–Kier alpha value is -3.65. The van der Waals surface area contributed by atoms with Crippen molar-refractivity contribution in [2.75, 3.05) is 11.9 Å². The highest BCUT2D eigenvalue weighted by molar-refractivity contribution is 9.10. The van der Waals surface area contributed by atoms with Gasteiger partial charge in [-0.25, -0.2) is 5.43 Å². The van der Waals surface area contributed by atoms with Gasteiger partial charge in [-0.2, -0.15) is 5.10 Å². The first kappa shape index (κ1) is 21.1. The van der Waals surface area contributed by atoms with Gasteiger partial charge in [0, 0.05) is 21.3 Å². The molecule has 152 valence electrons. The van der Waals surface area contributed by atoms with Crippen LogP contribution in [0.4, 0.5) is 5.69 Å². The van der Waals surface area contributed by atoms with E-state index in [4.69, 9.17) is 4.74 Å². The van der Waals surface area contributed by atoms with Crippen LogP contribution in [0.25, 0.3) is 0 Å². The number of hydrazone groups is 1. The zero-order valence-corrected chi connectivity index (χ0v) is 17.3. The quantitative estimate of drug-likeness (QED) is 0.361. The van der Waals surface area contributed by atoms with Crippen molar-refractivity contribution in [3.63, 3.8) is 0 Å². The monoisotopic (exact) mass is 467 g/mol. The molecule has 8 heteroatoms. The summed E-state index contributed by atoms with van der Waals surface area (Å²) in [6.45, 7) is -0.152. The molecule has 0 fully saturated rings. The molecule has 0 aliphatic carbocycles. The molecule has 0 bridgehead atoms. The van der Waals surface area contributed by atoms with Gasteiger partial charge in [0.2, 0.25) is 0 Å². The summed E-state index contributed by atoms with van der Waals surface area (Å²) in [4.78, 5) is 24.1. The summed E-state index contributed by atoms with van der Waals surface area (Å²) in [7, 11) is 0. The lowest BCUT2D eigenvalue weighted by Crippen LogP contribution is -2.20. The molecule has 0 aliphatic heterocycles. The molecule has 0 aromatic heterocycles. The summed E-state index contributed by atoms with van der Waals surface area (Å²) < 4.78 is 6.21. The Kier molecular flexibility index (Phi) is 7.18. The molecule has 0 spiro atoms. The number of rotatable bonds is 7. The number of carbonyl (C=O) groups is 2. The molecule has 2 amide bonds. The number of phenols is 1. The summed E-state index contributed by atoms with van der Waals surface area (Å²) in [6, 6.07) is 20.3. The number of nitrogens with zero attached hydrogens (tertiary/aromatic N) is 1. The van der Waals surface area contributed by atoms with Crippen LogP contribution in [0.2, 0.25) is 0 Å². The highest BCUT2D eigenvalue weighted by Crippen LogP contribution is 2.20. The van der Waals surface area contributed by atoms with Gasteiger partial charge in [-0.3, -0.25) is 9.59 Å². The lowest BCUT2D eigenvalue weighted by Gasteiger charge is -2.08. The number of anilines is 1. The number of hydrogen-bond donors (Lipinski definition) is 3. The molecule has 0 atom stereocenters. The number of carbonyl (C=O) groups excluding carboxylic acids is 2. The van der Waals surface area contributed by atoms with Crippen LogP contribution in [0.15, 0.2) is 82.4 Å². The van der Waals surface area contributed by atoms with E-state index in [1.807, 2.05) is 18.2 Å². The third kappa shape index (κ3) is 6.18. The average Bonchev–Trinajstić information content (AvgIpc) is 2.75. The Labute approximate surface area is 181 Å². The van der Waals surface area contributed by atoms with Crippen molar-refractivity contribution in [1.82, 2.24) is 5.43 Å². The molecule has 0 radical (unpaired) electrons. The molecule has 0 saturated heterocycles. The zero-order valence-electron chi connectivity index (χ0n) is 15.7. The second-order valence-electron chi connectivity index (χ2n) is 6.13. The van der Waals surface area contributed by atoms with E-state index >= 15 is 0 Å². The summed E-state index contributed by atoms with van der Waals surface area (Å²) in [5, 5.41) is 16.3. The predicted octanol–water partition coefficient (Wildman–Crippen LogP) is 3.94. The molecular formula is C22H18BrN3O4. The molecule has 3 aromatic rings. The minimum Gasteiger partial charge on any atom is -0.507 e. The smallest absolute Gasteiger partial charge is 0.271 e. The van der Waals surface area contributed by atoms with Crippen LogP contribution in [-0.2, 0) is 4.79 Å².